The molecule has 0 spiro atoms. The molecule has 0 aromatic heterocycles. The zero-order chi connectivity index (χ0) is 18.4. The average molecular weight is 372 g/mol. The van der Waals surface area contributed by atoms with Crippen LogP contribution in [0.1, 0.15) is 24.1 Å². The van der Waals surface area contributed by atoms with E-state index in [-0.39, 0.29) is 12.1 Å². The molecule has 1 aliphatic heterocycles. The van der Waals surface area contributed by atoms with Crippen LogP contribution in [0, 0.1) is 0 Å². The summed E-state index contributed by atoms with van der Waals surface area (Å²) < 4.78 is 0. The first-order valence-electron chi connectivity index (χ1n) is 9.19. The lowest BCUT2D eigenvalue weighted by Crippen LogP contribution is -2.52. The van der Waals surface area contributed by atoms with Crippen LogP contribution in [0.15, 0.2) is 54.6 Å². The van der Waals surface area contributed by atoms with Gasteiger partial charge >= 0.3 is 6.03 Å². The van der Waals surface area contributed by atoms with E-state index in [2.05, 4.69) is 22.3 Å². The second-order valence-electron chi connectivity index (χ2n) is 6.79. The van der Waals surface area contributed by atoms with Gasteiger partial charge in [0.05, 0.1) is 6.04 Å². The Balaban J connectivity index is 1.41. The molecule has 4 nitrogen and oxygen atoms in total. The van der Waals surface area contributed by atoms with Crippen molar-refractivity contribution in [3.8, 4) is 0 Å². The first kappa shape index (κ1) is 18.7. The smallest absolute Gasteiger partial charge is 0.317 e. The average Bonchev–Trinajstić information content (AvgIpc) is 2.68. The summed E-state index contributed by atoms with van der Waals surface area (Å²) in [6.07, 6.45) is 1.01. The van der Waals surface area contributed by atoms with Crippen molar-refractivity contribution in [3.05, 3.63) is 70.7 Å². The molecular formula is C21H26ClN3O. The second kappa shape index (κ2) is 9.06. The Bertz CT molecular complexity index is 697. The van der Waals surface area contributed by atoms with E-state index in [1.165, 1.54) is 5.56 Å². The van der Waals surface area contributed by atoms with Crippen LogP contribution in [0.3, 0.4) is 0 Å². The van der Waals surface area contributed by atoms with Crippen LogP contribution in [-0.4, -0.2) is 48.6 Å². The normalized spacial score (nSPS) is 16.3. The van der Waals surface area contributed by atoms with Gasteiger partial charge in [0, 0.05) is 37.7 Å². The fourth-order valence-electron chi connectivity index (χ4n) is 3.21. The summed E-state index contributed by atoms with van der Waals surface area (Å²) in [5.41, 5.74) is 2.42. The summed E-state index contributed by atoms with van der Waals surface area (Å²) >= 11 is 5.93. The van der Waals surface area contributed by atoms with Crippen molar-refractivity contribution < 1.29 is 4.79 Å². The summed E-state index contributed by atoms with van der Waals surface area (Å²) in [7, 11) is 0. The summed E-state index contributed by atoms with van der Waals surface area (Å²) in [5, 5.41) is 3.88. The first-order valence-corrected chi connectivity index (χ1v) is 9.57. The van der Waals surface area contributed by atoms with Crippen molar-refractivity contribution in [1.29, 1.82) is 0 Å². The molecule has 0 radical (unpaired) electrons. The highest BCUT2D eigenvalue weighted by atomic mass is 35.5. The van der Waals surface area contributed by atoms with Crippen LogP contribution in [0.25, 0.3) is 0 Å². The number of nitrogens with zero attached hydrogens (tertiary/aromatic N) is 2. The summed E-state index contributed by atoms with van der Waals surface area (Å²) in [4.78, 5) is 16.8. The molecule has 3 rings (SSSR count). The quantitative estimate of drug-likeness (QED) is 0.863. The minimum absolute atomic E-state index is 0.0200. The Labute approximate surface area is 160 Å². The van der Waals surface area contributed by atoms with Crippen molar-refractivity contribution >= 4 is 17.6 Å². The predicted octanol–water partition coefficient (Wildman–Crippen LogP) is 3.97. The predicted molar refractivity (Wildman–Crippen MR) is 107 cm³/mol. The molecule has 2 aromatic rings. The highest BCUT2D eigenvalue weighted by Crippen LogP contribution is 2.13. The van der Waals surface area contributed by atoms with E-state index in [4.69, 9.17) is 11.6 Å². The molecule has 2 aromatic carbocycles. The molecule has 2 amide bonds. The third kappa shape index (κ3) is 5.23. The Morgan fingerprint density at radius 1 is 1.04 bits per heavy atom. The second-order valence-corrected chi connectivity index (χ2v) is 7.22. The van der Waals surface area contributed by atoms with Crippen LogP contribution in [0.2, 0.25) is 5.02 Å². The van der Waals surface area contributed by atoms with Crippen LogP contribution in [0.5, 0.6) is 0 Å². The summed E-state index contributed by atoms with van der Waals surface area (Å²) in [6.45, 7) is 6.41. The van der Waals surface area contributed by atoms with Crippen molar-refractivity contribution in [2.45, 2.75) is 19.4 Å². The van der Waals surface area contributed by atoms with E-state index in [1.807, 2.05) is 54.3 Å². The number of rotatable bonds is 5. The maximum absolute atomic E-state index is 12.5. The molecule has 5 heteroatoms. The number of hydrogen-bond acceptors (Lipinski definition) is 2. The molecule has 0 aliphatic carbocycles. The maximum atomic E-state index is 12.5. The number of carbonyl (C=O) groups excluding carboxylic acids is 1. The molecule has 1 heterocycles. The van der Waals surface area contributed by atoms with E-state index >= 15 is 0 Å². The SMILES string of the molecule is CC(NC(=O)N1CCN(CCc2ccc(Cl)cc2)CC1)c1ccccc1. The molecular weight excluding hydrogens is 346 g/mol. The fraction of sp³-hybridized carbons (Fsp3) is 0.381. The number of nitrogens with one attached hydrogen (secondary N) is 1. The molecule has 0 bridgehead atoms. The van der Waals surface area contributed by atoms with Crippen LogP contribution < -0.4 is 5.32 Å². The van der Waals surface area contributed by atoms with Gasteiger partial charge in [-0.25, -0.2) is 4.79 Å². The minimum atomic E-state index is 0.0200. The van der Waals surface area contributed by atoms with Crippen molar-refractivity contribution in [2.75, 3.05) is 32.7 Å². The van der Waals surface area contributed by atoms with Gasteiger partial charge < -0.3 is 10.2 Å². The monoisotopic (exact) mass is 371 g/mol. The third-order valence-electron chi connectivity index (χ3n) is 4.93. The molecule has 1 unspecified atom stereocenters. The van der Waals surface area contributed by atoms with Crippen molar-refractivity contribution in [1.82, 2.24) is 15.1 Å². The van der Waals surface area contributed by atoms with Crippen LogP contribution in [0.4, 0.5) is 4.79 Å². The number of benzene rings is 2. The molecule has 1 aliphatic rings. The molecule has 1 saturated heterocycles. The highest BCUT2D eigenvalue weighted by molar-refractivity contribution is 6.30. The topological polar surface area (TPSA) is 35.6 Å². The van der Waals surface area contributed by atoms with E-state index < -0.39 is 0 Å². The number of amides is 2. The molecule has 138 valence electrons. The zero-order valence-electron chi connectivity index (χ0n) is 15.2. The van der Waals surface area contributed by atoms with Gasteiger partial charge in [0.1, 0.15) is 0 Å². The van der Waals surface area contributed by atoms with Gasteiger partial charge in [0.25, 0.3) is 0 Å². The van der Waals surface area contributed by atoms with E-state index in [1.54, 1.807) is 0 Å². The van der Waals surface area contributed by atoms with E-state index in [0.717, 1.165) is 49.7 Å². The standard InChI is InChI=1S/C21H26ClN3O/c1-17(19-5-3-2-4-6-19)23-21(26)25-15-13-24(14-16-25)12-11-18-7-9-20(22)10-8-18/h2-10,17H,11-16H2,1H3,(H,23,26). The number of piperazine rings is 1. The van der Waals surface area contributed by atoms with Crippen molar-refractivity contribution in [2.24, 2.45) is 0 Å². The zero-order valence-corrected chi connectivity index (χ0v) is 16.0. The summed E-state index contributed by atoms with van der Waals surface area (Å²) in [6, 6.07) is 18.1. The summed E-state index contributed by atoms with van der Waals surface area (Å²) in [5.74, 6) is 0. The number of carbonyl (C=O) groups is 1. The maximum Gasteiger partial charge on any atom is 0.317 e. The van der Waals surface area contributed by atoms with Gasteiger partial charge in [-0.15, -0.1) is 0 Å². The number of urea groups is 1. The lowest BCUT2D eigenvalue weighted by atomic mass is 10.1. The number of halogens is 1. The van der Waals surface area contributed by atoms with Crippen LogP contribution in [-0.2, 0) is 6.42 Å². The Kier molecular flexibility index (Phi) is 6.53. The molecule has 0 saturated carbocycles. The Morgan fingerprint density at radius 2 is 1.69 bits per heavy atom. The third-order valence-corrected chi connectivity index (χ3v) is 5.18. The number of hydrogen-bond donors (Lipinski definition) is 1. The lowest BCUT2D eigenvalue weighted by molar-refractivity contribution is 0.138. The van der Waals surface area contributed by atoms with E-state index in [0.29, 0.717) is 0 Å². The van der Waals surface area contributed by atoms with Crippen LogP contribution >= 0.6 is 11.6 Å². The molecule has 1 N–H and O–H groups in total. The first-order chi connectivity index (χ1) is 12.6. The fourth-order valence-corrected chi connectivity index (χ4v) is 3.34. The van der Waals surface area contributed by atoms with Gasteiger partial charge in [-0.1, -0.05) is 54.1 Å². The highest BCUT2D eigenvalue weighted by Gasteiger charge is 2.22. The van der Waals surface area contributed by atoms with Gasteiger partial charge in [-0.05, 0) is 36.6 Å². The Hall–Kier alpha value is -2.04. The molecule has 26 heavy (non-hydrogen) atoms. The van der Waals surface area contributed by atoms with Crippen molar-refractivity contribution in [3.63, 3.8) is 0 Å². The van der Waals surface area contributed by atoms with E-state index in [9.17, 15) is 4.79 Å². The van der Waals surface area contributed by atoms with Gasteiger partial charge in [0.2, 0.25) is 0 Å². The van der Waals surface area contributed by atoms with Gasteiger partial charge in [0.15, 0.2) is 0 Å². The minimum Gasteiger partial charge on any atom is -0.331 e. The molecule has 1 fully saturated rings. The largest absolute Gasteiger partial charge is 0.331 e. The van der Waals surface area contributed by atoms with Gasteiger partial charge in [-0.3, -0.25) is 4.90 Å². The molecule has 1 atom stereocenters. The Morgan fingerprint density at radius 3 is 2.35 bits per heavy atom. The lowest BCUT2D eigenvalue weighted by Gasteiger charge is -2.35. The van der Waals surface area contributed by atoms with Gasteiger partial charge in [-0.2, -0.15) is 0 Å².